The van der Waals surface area contributed by atoms with E-state index in [1.54, 1.807) is 42.5 Å². The number of rotatable bonds is 7. The highest BCUT2D eigenvalue weighted by atomic mass is 16.5. The lowest BCUT2D eigenvalue weighted by Crippen LogP contribution is -2.21. The predicted octanol–water partition coefficient (Wildman–Crippen LogP) is 3.44. The number of nitrogens with one attached hydrogen (secondary N) is 2. The van der Waals surface area contributed by atoms with Crippen LogP contribution in [0.4, 0.5) is 17.3 Å². The topological polar surface area (TPSA) is 93.2 Å². The van der Waals surface area contributed by atoms with Crippen LogP contribution in [0.2, 0.25) is 0 Å². The molecular formula is C20H18N4O3. The number of para-hydroxylation sites is 1. The van der Waals surface area contributed by atoms with Crippen molar-refractivity contribution in [3.05, 3.63) is 72.3 Å². The standard InChI is InChI=1S/C20H18N4O3/c1-14(25)15-6-5-7-16(12-15)21-18-10-11-19(24-23-18)22-20(26)13-27-17-8-3-2-4-9-17/h2-12H,13H2,1H3,(H,21,23)(H,22,24,26). The number of nitrogens with zero attached hydrogens (tertiary/aromatic N) is 2. The number of ether oxygens (including phenoxy) is 1. The van der Waals surface area contributed by atoms with E-state index in [-0.39, 0.29) is 18.3 Å². The number of Topliss-reactive ketones (excluding diaryl/α,β-unsaturated/α-hetero) is 1. The maximum Gasteiger partial charge on any atom is 0.263 e. The zero-order valence-corrected chi connectivity index (χ0v) is 14.7. The highest BCUT2D eigenvalue weighted by molar-refractivity contribution is 5.95. The van der Waals surface area contributed by atoms with Crippen LogP contribution in [-0.2, 0) is 4.79 Å². The molecule has 3 aromatic rings. The second kappa shape index (κ2) is 8.57. The van der Waals surface area contributed by atoms with Crippen molar-refractivity contribution in [2.24, 2.45) is 0 Å². The fraction of sp³-hybridized carbons (Fsp3) is 0.100. The molecule has 0 bridgehead atoms. The lowest BCUT2D eigenvalue weighted by molar-refractivity contribution is -0.118. The van der Waals surface area contributed by atoms with E-state index in [1.807, 2.05) is 24.3 Å². The Morgan fingerprint density at radius 3 is 2.37 bits per heavy atom. The molecule has 1 amide bonds. The number of aromatic nitrogens is 2. The van der Waals surface area contributed by atoms with Gasteiger partial charge in [-0.3, -0.25) is 9.59 Å². The molecule has 0 radical (unpaired) electrons. The fourth-order valence-electron chi connectivity index (χ4n) is 2.27. The van der Waals surface area contributed by atoms with Crippen molar-refractivity contribution in [3.8, 4) is 5.75 Å². The summed E-state index contributed by atoms with van der Waals surface area (Å²) in [6.07, 6.45) is 0. The minimum absolute atomic E-state index is 0.0134. The van der Waals surface area contributed by atoms with Crippen molar-refractivity contribution in [2.75, 3.05) is 17.2 Å². The summed E-state index contributed by atoms with van der Waals surface area (Å²) in [4.78, 5) is 23.3. The van der Waals surface area contributed by atoms with E-state index < -0.39 is 0 Å². The first kappa shape index (κ1) is 18.1. The van der Waals surface area contributed by atoms with Gasteiger partial charge >= 0.3 is 0 Å². The Labute approximate surface area is 156 Å². The van der Waals surface area contributed by atoms with Crippen LogP contribution in [0.5, 0.6) is 5.75 Å². The van der Waals surface area contributed by atoms with Crippen molar-refractivity contribution >= 4 is 29.0 Å². The molecule has 136 valence electrons. The number of amides is 1. The van der Waals surface area contributed by atoms with Gasteiger partial charge in [0, 0.05) is 11.3 Å². The first-order valence-corrected chi connectivity index (χ1v) is 8.29. The van der Waals surface area contributed by atoms with Crippen LogP contribution in [0.25, 0.3) is 0 Å². The van der Waals surface area contributed by atoms with Gasteiger partial charge in [-0.1, -0.05) is 30.3 Å². The molecule has 0 saturated carbocycles. The summed E-state index contributed by atoms with van der Waals surface area (Å²) >= 11 is 0. The van der Waals surface area contributed by atoms with E-state index in [0.29, 0.717) is 22.9 Å². The van der Waals surface area contributed by atoms with E-state index in [0.717, 1.165) is 5.69 Å². The summed E-state index contributed by atoms with van der Waals surface area (Å²) in [6, 6.07) is 19.5. The van der Waals surface area contributed by atoms with Crippen molar-refractivity contribution in [1.82, 2.24) is 10.2 Å². The van der Waals surface area contributed by atoms with Gasteiger partial charge in [-0.15, -0.1) is 10.2 Å². The molecule has 0 spiro atoms. The molecular weight excluding hydrogens is 344 g/mol. The second-order valence-electron chi connectivity index (χ2n) is 5.72. The maximum absolute atomic E-state index is 11.9. The van der Waals surface area contributed by atoms with E-state index in [4.69, 9.17) is 4.74 Å². The normalized spacial score (nSPS) is 10.1. The molecule has 2 N–H and O–H groups in total. The molecule has 0 atom stereocenters. The van der Waals surface area contributed by atoms with Gasteiger partial charge in [-0.2, -0.15) is 0 Å². The Morgan fingerprint density at radius 1 is 0.926 bits per heavy atom. The molecule has 7 heteroatoms. The number of anilines is 3. The highest BCUT2D eigenvalue weighted by Crippen LogP contribution is 2.17. The van der Waals surface area contributed by atoms with Gasteiger partial charge in [0.1, 0.15) is 5.75 Å². The van der Waals surface area contributed by atoms with Crippen molar-refractivity contribution in [3.63, 3.8) is 0 Å². The smallest absolute Gasteiger partial charge is 0.263 e. The molecule has 0 fully saturated rings. The van der Waals surface area contributed by atoms with E-state index in [1.165, 1.54) is 6.92 Å². The van der Waals surface area contributed by atoms with Gasteiger partial charge in [0.15, 0.2) is 24.0 Å². The fourth-order valence-corrected chi connectivity index (χ4v) is 2.27. The van der Waals surface area contributed by atoms with Crippen LogP contribution in [0.15, 0.2) is 66.7 Å². The first-order valence-electron chi connectivity index (χ1n) is 8.29. The number of ketones is 1. The number of benzene rings is 2. The minimum atomic E-state index is -0.331. The van der Waals surface area contributed by atoms with Crippen LogP contribution in [0.3, 0.4) is 0 Å². The van der Waals surface area contributed by atoms with E-state index in [9.17, 15) is 9.59 Å². The Balaban J connectivity index is 1.54. The molecule has 27 heavy (non-hydrogen) atoms. The maximum atomic E-state index is 11.9. The number of hydrogen-bond donors (Lipinski definition) is 2. The third kappa shape index (κ3) is 5.37. The van der Waals surface area contributed by atoms with Crippen molar-refractivity contribution in [1.29, 1.82) is 0 Å². The molecule has 0 unspecified atom stereocenters. The van der Waals surface area contributed by atoms with Crippen molar-refractivity contribution < 1.29 is 14.3 Å². The van der Waals surface area contributed by atoms with Crippen LogP contribution in [0.1, 0.15) is 17.3 Å². The number of carbonyl (C=O) groups excluding carboxylic acids is 2. The average molecular weight is 362 g/mol. The van der Waals surface area contributed by atoms with Crippen LogP contribution >= 0.6 is 0 Å². The molecule has 0 aliphatic carbocycles. The van der Waals surface area contributed by atoms with Gasteiger partial charge in [-0.25, -0.2) is 0 Å². The lowest BCUT2D eigenvalue weighted by Gasteiger charge is -2.08. The third-order valence-corrected chi connectivity index (χ3v) is 3.59. The summed E-state index contributed by atoms with van der Waals surface area (Å²) in [7, 11) is 0. The van der Waals surface area contributed by atoms with Crippen LogP contribution < -0.4 is 15.4 Å². The Bertz CT molecular complexity index is 927. The predicted molar refractivity (Wildman–Crippen MR) is 102 cm³/mol. The highest BCUT2D eigenvalue weighted by Gasteiger charge is 2.06. The lowest BCUT2D eigenvalue weighted by atomic mass is 10.1. The number of hydrogen-bond acceptors (Lipinski definition) is 6. The molecule has 2 aromatic carbocycles. The largest absolute Gasteiger partial charge is 0.484 e. The molecule has 0 saturated heterocycles. The van der Waals surface area contributed by atoms with Crippen LogP contribution in [0, 0.1) is 0 Å². The van der Waals surface area contributed by atoms with Gasteiger partial charge in [-0.05, 0) is 43.3 Å². The van der Waals surface area contributed by atoms with Gasteiger partial charge in [0.25, 0.3) is 5.91 Å². The first-order chi connectivity index (χ1) is 13.1. The quantitative estimate of drug-likeness (QED) is 0.626. The summed E-state index contributed by atoms with van der Waals surface area (Å²) < 4.78 is 5.37. The Kier molecular flexibility index (Phi) is 5.73. The number of carbonyl (C=O) groups is 2. The van der Waals surface area contributed by atoms with Gasteiger partial charge < -0.3 is 15.4 Å². The third-order valence-electron chi connectivity index (χ3n) is 3.59. The molecule has 1 heterocycles. The SMILES string of the molecule is CC(=O)c1cccc(Nc2ccc(NC(=O)COc3ccccc3)nn2)c1. The van der Waals surface area contributed by atoms with E-state index in [2.05, 4.69) is 20.8 Å². The molecule has 0 aliphatic rings. The van der Waals surface area contributed by atoms with Gasteiger partial charge in [0.2, 0.25) is 0 Å². The van der Waals surface area contributed by atoms with E-state index >= 15 is 0 Å². The van der Waals surface area contributed by atoms with Gasteiger partial charge in [0.05, 0.1) is 0 Å². The molecule has 1 aromatic heterocycles. The zero-order chi connectivity index (χ0) is 19.1. The second-order valence-corrected chi connectivity index (χ2v) is 5.72. The Hall–Kier alpha value is -3.74. The molecule has 0 aliphatic heterocycles. The summed E-state index contributed by atoms with van der Waals surface area (Å²) in [5, 5.41) is 13.7. The summed E-state index contributed by atoms with van der Waals surface area (Å²) in [6.45, 7) is 1.39. The average Bonchev–Trinajstić information content (AvgIpc) is 2.69. The minimum Gasteiger partial charge on any atom is -0.484 e. The summed E-state index contributed by atoms with van der Waals surface area (Å²) in [5.74, 6) is 1.09. The van der Waals surface area contributed by atoms with Crippen molar-refractivity contribution in [2.45, 2.75) is 6.92 Å². The molecule has 3 rings (SSSR count). The monoisotopic (exact) mass is 362 g/mol. The van der Waals surface area contributed by atoms with Crippen LogP contribution in [-0.4, -0.2) is 28.5 Å². The molecule has 7 nitrogen and oxygen atoms in total. The Morgan fingerprint density at radius 2 is 1.67 bits per heavy atom. The zero-order valence-electron chi connectivity index (χ0n) is 14.7. The summed E-state index contributed by atoms with van der Waals surface area (Å²) in [5.41, 5.74) is 1.33.